The lowest BCUT2D eigenvalue weighted by Gasteiger charge is -2.41. The van der Waals surface area contributed by atoms with Gasteiger partial charge in [0.2, 0.25) is 10.0 Å². The maximum atomic E-state index is 11.9. The monoisotopic (exact) mass is 428 g/mol. The number of sulfonamides is 1. The van der Waals surface area contributed by atoms with Crippen LogP contribution in [0, 0.1) is 17.8 Å². The van der Waals surface area contributed by atoms with E-state index in [1.807, 2.05) is 6.07 Å². The van der Waals surface area contributed by atoms with Gasteiger partial charge in [-0.15, -0.1) is 0 Å². The molecule has 4 atom stereocenters. The molecule has 0 unspecified atom stereocenters. The van der Waals surface area contributed by atoms with Crippen LogP contribution in [0.4, 0.5) is 0 Å². The number of nitrogens with one attached hydrogen (secondary N) is 1. The Labute approximate surface area is 182 Å². The van der Waals surface area contributed by atoms with E-state index < -0.39 is 10.0 Å². The fourth-order valence-corrected chi connectivity index (χ4v) is 7.65. The summed E-state index contributed by atoms with van der Waals surface area (Å²) in [7, 11) is -3.21. The average molecular weight is 429 g/mol. The molecule has 1 saturated carbocycles. The smallest absolute Gasteiger partial charge is 0.209 e. The summed E-state index contributed by atoms with van der Waals surface area (Å²) in [6, 6.07) is 8.45. The molecule has 30 heavy (non-hydrogen) atoms. The second-order valence-electron chi connectivity index (χ2n) is 10.5. The molecule has 0 radical (unpaired) electrons. The van der Waals surface area contributed by atoms with Crippen LogP contribution in [0.15, 0.2) is 36.4 Å². The summed E-state index contributed by atoms with van der Waals surface area (Å²) in [5, 5.41) is 0. The molecule has 1 aromatic carbocycles. The first-order chi connectivity index (χ1) is 14.4. The van der Waals surface area contributed by atoms with Crippen molar-refractivity contribution in [2.24, 2.45) is 17.8 Å². The van der Waals surface area contributed by atoms with Crippen LogP contribution in [0.1, 0.15) is 68.5 Å². The van der Waals surface area contributed by atoms with Crippen molar-refractivity contribution in [2.75, 3.05) is 25.9 Å². The lowest BCUT2D eigenvalue weighted by atomic mass is 9.73. The van der Waals surface area contributed by atoms with Gasteiger partial charge in [0.05, 0.1) is 6.26 Å². The van der Waals surface area contributed by atoms with Gasteiger partial charge in [-0.05, 0) is 98.8 Å². The molecule has 5 heteroatoms. The van der Waals surface area contributed by atoms with Gasteiger partial charge in [0.15, 0.2) is 0 Å². The van der Waals surface area contributed by atoms with Crippen LogP contribution in [0.5, 0.6) is 0 Å². The van der Waals surface area contributed by atoms with Crippen molar-refractivity contribution in [1.82, 2.24) is 9.62 Å². The Bertz CT molecular complexity index is 901. The molecule has 1 spiro atoms. The van der Waals surface area contributed by atoms with Gasteiger partial charge in [0.25, 0.3) is 0 Å². The number of likely N-dealkylation sites (tertiary alicyclic amines) is 1. The summed E-state index contributed by atoms with van der Waals surface area (Å²) in [4.78, 5) is 2.70. The van der Waals surface area contributed by atoms with E-state index in [-0.39, 0.29) is 11.5 Å². The maximum absolute atomic E-state index is 11.9. The lowest BCUT2D eigenvalue weighted by molar-refractivity contribution is 0.129. The fourth-order valence-electron chi connectivity index (χ4n) is 6.92. The Morgan fingerprint density at radius 2 is 1.93 bits per heavy atom. The molecule has 2 fully saturated rings. The number of hydrogen-bond donors (Lipinski definition) is 1. The third kappa shape index (κ3) is 4.26. The van der Waals surface area contributed by atoms with Gasteiger partial charge in [-0.3, -0.25) is 0 Å². The van der Waals surface area contributed by atoms with Gasteiger partial charge in [0, 0.05) is 12.6 Å². The molecule has 4 aliphatic rings. The number of fused-ring (bicyclic) bond motifs is 4. The molecule has 0 amide bonds. The van der Waals surface area contributed by atoms with Gasteiger partial charge in [-0.2, -0.15) is 0 Å². The predicted octanol–water partition coefficient (Wildman–Crippen LogP) is 4.40. The van der Waals surface area contributed by atoms with E-state index in [0.717, 1.165) is 50.1 Å². The highest BCUT2D eigenvalue weighted by molar-refractivity contribution is 7.88. The Kier molecular flexibility index (Phi) is 5.57. The molecular formula is C25H36N2O2S. The van der Waals surface area contributed by atoms with Gasteiger partial charge >= 0.3 is 0 Å². The number of allylic oxidation sites excluding steroid dienone is 2. The highest BCUT2D eigenvalue weighted by atomic mass is 32.2. The zero-order chi connectivity index (χ0) is 20.8. The first kappa shape index (κ1) is 20.7. The van der Waals surface area contributed by atoms with Crippen LogP contribution in [0.3, 0.4) is 0 Å². The summed E-state index contributed by atoms with van der Waals surface area (Å²) < 4.78 is 26.8. The SMILES string of the molecule is CS(=O)(=O)N[C@H]1CC2(CCN(C[C@H]3CC[C@H]4CC=C[C@@H](C4)C3)CC2)c2ccccc21. The van der Waals surface area contributed by atoms with E-state index >= 15 is 0 Å². The number of hydrogen-bond acceptors (Lipinski definition) is 3. The van der Waals surface area contributed by atoms with Crippen LogP contribution in [0.2, 0.25) is 0 Å². The molecule has 1 saturated heterocycles. The van der Waals surface area contributed by atoms with E-state index in [1.54, 1.807) is 0 Å². The summed E-state index contributed by atoms with van der Waals surface area (Å²) in [5.74, 6) is 2.59. The van der Waals surface area contributed by atoms with Crippen LogP contribution < -0.4 is 4.72 Å². The van der Waals surface area contributed by atoms with E-state index in [0.29, 0.717) is 0 Å². The van der Waals surface area contributed by atoms with Crippen molar-refractivity contribution in [3.8, 4) is 0 Å². The third-order valence-electron chi connectivity index (χ3n) is 8.32. The molecule has 1 aliphatic heterocycles. The number of nitrogens with zero attached hydrogens (tertiary/aromatic N) is 1. The highest BCUT2D eigenvalue weighted by Crippen LogP contribution is 2.51. The van der Waals surface area contributed by atoms with E-state index in [2.05, 4.69) is 40.0 Å². The Morgan fingerprint density at radius 1 is 1.13 bits per heavy atom. The molecule has 1 heterocycles. The van der Waals surface area contributed by atoms with Gasteiger partial charge < -0.3 is 4.90 Å². The van der Waals surface area contributed by atoms with Crippen molar-refractivity contribution >= 4 is 10.0 Å². The zero-order valence-corrected chi connectivity index (χ0v) is 19.0. The summed E-state index contributed by atoms with van der Waals surface area (Å²) in [5.41, 5.74) is 2.72. The van der Waals surface area contributed by atoms with Crippen molar-refractivity contribution in [1.29, 1.82) is 0 Å². The Balaban J connectivity index is 1.25. The lowest BCUT2D eigenvalue weighted by Crippen LogP contribution is -2.44. The minimum Gasteiger partial charge on any atom is -0.303 e. The molecular weight excluding hydrogens is 392 g/mol. The van der Waals surface area contributed by atoms with Crippen molar-refractivity contribution in [3.05, 3.63) is 47.5 Å². The Hall–Kier alpha value is -1.17. The zero-order valence-electron chi connectivity index (χ0n) is 18.2. The summed E-state index contributed by atoms with van der Waals surface area (Å²) in [6.45, 7) is 3.53. The fraction of sp³-hybridized carbons (Fsp3) is 0.680. The second-order valence-corrected chi connectivity index (χ2v) is 12.3. The second kappa shape index (κ2) is 8.07. The minimum absolute atomic E-state index is 0.0734. The largest absolute Gasteiger partial charge is 0.303 e. The van der Waals surface area contributed by atoms with Crippen molar-refractivity contribution in [2.45, 2.75) is 62.8 Å². The molecule has 0 aromatic heterocycles. The van der Waals surface area contributed by atoms with Gasteiger partial charge in [0.1, 0.15) is 0 Å². The molecule has 2 bridgehead atoms. The molecule has 1 aromatic rings. The maximum Gasteiger partial charge on any atom is 0.209 e. The summed E-state index contributed by atoms with van der Waals surface area (Å²) >= 11 is 0. The van der Waals surface area contributed by atoms with E-state index in [9.17, 15) is 8.42 Å². The first-order valence-corrected chi connectivity index (χ1v) is 13.8. The minimum atomic E-state index is -3.21. The van der Waals surface area contributed by atoms with Crippen molar-refractivity contribution in [3.63, 3.8) is 0 Å². The average Bonchev–Trinajstić information content (AvgIpc) is 2.92. The Morgan fingerprint density at radius 3 is 2.73 bits per heavy atom. The normalized spacial score (nSPS) is 33.4. The van der Waals surface area contributed by atoms with E-state index in [4.69, 9.17) is 0 Å². The topological polar surface area (TPSA) is 49.4 Å². The molecule has 164 valence electrons. The van der Waals surface area contributed by atoms with Crippen LogP contribution in [-0.2, 0) is 15.4 Å². The number of benzene rings is 1. The third-order valence-corrected chi connectivity index (χ3v) is 9.03. The van der Waals surface area contributed by atoms with Crippen LogP contribution >= 0.6 is 0 Å². The summed E-state index contributed by atoms with van der Waals surface area (Å²) in [6.07, 6.45) is 16.3. The first-order valence-electron chi connectivity index (χ1n) is 11.9. The van der Waals surface area contributed by atoms with E-state index in [1.165, 1.54) is 56.0 Å². The van der Waals surface area contributed by atoms with Crippen molar-refractivity contribution < 1.29 is 8.42 Å². The number of rotatable bonds is 4. The highest BCUT2D eigenvalue weighted by Gasteiger charge is 2.46. The van der Waals surface area contributed by atoms with Crippen LogP contribution in [-0.4, -0.2) is 39.2 Å². The quantitative estimate of drug-likeness (QED) is 0.723. The molecule has 1 N–H and O–H groups in total. The molecule has 5 rings (SSSR count). The predicted molar refractivity (Wildman–Crippen MR) is 122 cm³/mol. The standard InChI is InChI=1S/C25H36N2O2S/c1-30(28,29)26-24-17-25(23-8-3-2-7-22(23)24)11-13-27(14-12-25)18-21-10-9-19-5-4-6-20(15-19)16-21/h2-4,6-8,19-21,24,26H,5,9-18H2,1H3/t19-,20+,21+,24+/m1/s1. The van der Waals surface area contributed by atoms with Gasteiger partial charge in [-0.25, -0.2) is 13.1 Å². The van der Waals surface area contributed by atoms with Crippen LogP contribution in [0.25, 0.3) is 0 Å². The molecule has 3 aliphatic carbocycles. The van der Waals surface area contributed by atoms with Gasteiger partial charge in [-0.1, -0.05) is 36.4 Å². The molecule has 4 nitrogen and oxygen atoms in total. The number of piperidine rings is 1.